The first-order valence-electron chi connectivity index (χ1n) is 6.98. The maximum absolute atomic E-state index is 11.4. The fraction of sp³-hybridized carbons (Fsp3) is 0.250. The van der Waals surface area contributed by atoms with Gasteiger partial charge in [-0.2, -0.15) is 0 Å². The van der Waals surface area contributed by atoms with Gasteiger partial charge in [-0.05, 0) is 55.0 Å². The maximum atomic E-state index is 11.4. The van der Waals surface area contributed by atoms with E-state index in [1.165, 1.54) is 36.2 Å². The molecule has 0 unspecified atom stereocenters. The average Bonchev–Trinajstić information content (AvgIpc) is 2.49. The summed E-state index contributed by atoms with van der Waals surface area (Å²) in [6.45, 7) is 0. The lowest BCUT2D eigenvalue weighted by Gasteiger charge is -2.17. The van der Waals surface area contributed by atoms with Gasteiger partial charge in [0.2, 0.25) is 5.88 Å². The summed E-state index contributed by atoms with van der Waals surface area (Å²) < 4.78 is 5.72. The summed E-state index contributed by atoms with van der Waals surface area (Å²) in [5, 5.41) is 0. The van der Waals surface area contributed by atoms with Crippen molar-refractivity contribution in [1.29, 1.82) is 0 Å². The van der Waals surface area contributed by atoms with Crippen molar-refractivity contribution in [3.63, 3.8) is 0 Å². The number of fused-ring (bicyclic) bond motifs is 1. The number of carbonyl (C=O) groups is 1. The minimum Gasteiger partial charge on any atom is -0.438 e. The molecule has 1 amide bonds. The second-order valence-corrected chi connectivity index (χ2v) is 5.23. The molecule has 0 spiro atoms. The highest BCUT2D eigenvalue weighted by atomic mass is 16.5. The number of aryl methyl sites for hydroxylation is 2. The van der Waals surface area contributed by atoms with Crippen molar-refractivity contribution < 1.29 is 9.53 Å². The van der Waals surface area contributed by atoms with Gasteiger partial charge in [0.05, 0.1) is 11.9 Å². The largest absolute Gasteiger partial charge is 0.438 e. The topological polar surface area (TPSA) is 91.2 Å². The number of amides is 1. The summed E-state index contributed by atoms with van der Waals surface area (Å²) in [7, 11) is 0. The molecule has 5 heteroatoms. The Morgan fingerprint density at radius 1 is 1.14 bits per heavy atom. The molecular weight excluding hydrogens is 266 g/mol. The van der Waals surface area contributed by atoms with Gasteiger partial charge in [0, 0.05) is 0 Å². The van der Waals surface area contributed by atoms with Gasteiger partial charge in [-0.15, -0.1) is 0 Å². The third-order valence-electron chi connectivity index (χ3n) is 3.67. The number of benzene rings is 1. The average molecular weight is 283 g/mol. The molecule has 0 radical (unpaired) electrons. The van der Waals surface area contributed by atoms with E-state index in [9.17, 15) is 4.79 Å². The third kappa shape index (κ3) is 2.81. The van der Waals surface area contributed by atoms with Crippen LogP contribution in [0.2, 0.25) is 0 Å². The van der Waals surface area contributed by atoms with Crippen LogP contribution < -0.4 is 16.2 Å². The molecule has 3 rings (SSSR count). The number of aromatic nitrogens is 1. The SMILES string of the molecule is NC(=O)c1cc(N)cnc1Oc1ccc2c(c1)CCCC2. The van der Waals surface area contributed by atoms with Crippen molar-refractivity contribution in [2.75, 3.05) is 5.73 Å². The van der Waals surface area contributed by atoms with E-state index in [0.29, 0.717) is 11.4 Å². The highest BCUT2D eigenvalue weighted by Gasteiger charge is 2.14. The number of nitrogens with zero attached hydrogens (tertiary/aromatic N) is 1. The molecule has 0 aliphatic heterocycles. The minimum atomic E-state index is -0.609. The summed E-state index contributed by atoms with van der Waals surface area (Å²) in [4.78, 5) is 15.5. The second kappa shape index (κ2) is 5.44. The van der Waals surface area contributed by atoms with Gasteiger partial charge in [-0.1, -0.05) is 6.07 Å². The molecule has 0 bridgehead atoms. The van der Waals surface area contributed by atoms with Crippen LogP contribution in [0.25, 0.3) is 0 Å². The van der Waals surface area contributed by atoms with Gasteiger partial charge < -0.3 is 16.2 Å². The molecule has 1 aliphatic rings. The summed E-state index contributed by atoms with van der Waals surface area (Å²) in [6.07, 6.45) is 6.05. The fourth-order valence-corrected chi connectivity index (χ4v) is 2.61. The first-order chi connectivity index (χ1) is 10.1. The maximum Gasteiger partial charge on any atom is 0.254 e. The van der Waals surface area contributed by atoms with E-state index in [2.05, 4.69) is 11.1 Å². The van der Waals surface area contributed by atoms with Crippen LogP contribution in [0.15, 0.2) is 30.5 Å². The van der Waals surface area contributed by atoms with E-state index in [4.69, 9.17) is 16.2 Å². The van der Waals surface area contributed by atoms with Crippen LogP contribution in [-0.4, -0.2) is 10.9 Å². The molecular formula is C16H17N3O2. The molecule has 0 atom stereocenters. The van der Waals surface area contributed by atoms with Crippen molar-refractivity contribution >= 4 is 11.6 Å². The van der Waals surface area contributed by atoms with Gasteiger partial charge in [0.15, 0.2) is 0 Å². The summed E-state index contributed by atoms with van der Waals surface area (Å²) in [6, 6.07) is 7.46. The number of primary amides is 1. The van der Waals surface area contributed by atoms with E-state index in [0.717, 1.165) is 12.8 Å². The molecule has 0 saturated carbocycles. The molecule has 1 aromatic carbocycles. The van der Waals surface area contributed by atoms with Crippen LogP contribution in [-0.2, 0) is 12.8 Å². The highest BCUT2D eigenvalue weighted by Crippen LogP contribution is 2.29. The molecule has 1 heterocycles. The quantitative estimate of drug-likeness (QED) is 0.905. The van der Waals surface area contributed by atoms with Gasteiger partial charge in [0.25, 0.3) is 5.91 Å². The first kappa shape index (κ1) is 13.4. The Bertz CT molecular complexity index is 698. The second-order valence-electron chi connectivity index (χ2n) is 5.23. The minimum absolute atomic E-state index is 0.187. The molecule has 21 heavy (non-hydrogen) atoms. The Balaban J connectivity index is 1.92. The standard InChI is InChI=1S/C16H17N3O2/c17-12-8-14(15(18)20)16(19-9-12)21-13-6-5-10-3-1-2-4-11(10)7-13/h5-9H,1-4,17H2,(H2,18,20). The number of hydrogen-bond donors (Lipinski definition) is 2. The highest BCUT2D eigenvalue weighted by molar-refractivity contribution is 5.95. The van der Waals surface area contributed by atoms with Crippen molar-refractivity contribution in [2.45, 2.75) is 25.7 Å². The van der Waals surface area contributed by atoms with E-state index < -0.39 is 5.91 Å². The third-order valence-corrected chi connectivity index (χ3v) is 3.67. The molecule has 0 fully saturated rings. The van der Waals surface area contributed by atoms with Crippen LogP contribution in [0.4, 0.5) is 5.69 Å². The van der Waals surface area contributed by atoms with E-state index in [-0.39, 0.29) is 11.4 Å². The Labute approximate surface area is 122 Å². The summed E-state index contributed by atoms with van der Waals surface area (Å²) in [5.74, 6) is 0.241. The zero-order valence-electron chi connectivity index (χ0n) is 11.6. The van der Waals surface area contributed by atoms with Crippen LogP contribution in [0.1, 0.15) is 34.3 Å². The Morgan fingerprint density at radius 3 is 2.67 bits per heavy atom. The van der Waals surface area contributed by atoms with Gasteiger partial charge in [-0.25, -0.2) is 4.98 Å². The van der Waals surface area contributed by atoms with Crippen molar-refractivity contribution in [3.8, 4) is 11.6 Å². The van der Waals surface area contributed by atoms with E-state index in [1.807, 2.05) is 12.1 Å². The van der Waals surface area contributed by atoms with Crippen molar-refractivity contribution in [1.82, 2.24) is 4.98 Å². The number of carbonyl (C=O) groups excluding carboxylic acids is 1. The number of rotatable bonds is 3. The number of ether oxygens (including phenoxy) is 1. The number of pyridine rings is 1. The van der Waals surface area contributed by atoms with Crippen LogP contribution in [0, 0.1) is 0 Å². The first-order valence-corrected chi connectivity index (χ1v) is 6.98. The molecule has 4 N–H and O–H groups in total. The molecule has 1 aromatic heterocycles. The van der Waals surface area contributed by atoms with Gasteiger partial charge in [0.1, 0.15) is 11.3 Å². The molecule has 2 aromatic rings. The van der Waals surface area contributed by atoms with Gasteiger partial charge >= 0.3 is 0 Å². The normalized spacial score (nSPS) is 13.5. The predicted molar refractivity (Wildman–Crippen MR) is 80.3 cm³/mol. The van der Waals surface area contributed by atoms with E-state index >= 15 is 0 Å². The molecule has 5 nitrogen and oxygen atoms in total. The lowest BCUT2D eigenvalue weighted by atomic mass is 9.92. The van der Waals surface area contributed by atoms with Crippen LogP contribution in [0.3, 0.4) is 0 Å². The smallest absolute Gasteiger partial charge is 0.254 e. The van der Waals surface area contributed by atoms with Crippen molar-refractivity contribution in [3.05, 3.63) is 47.2 Å². The molecule has 0 saturated heterocycles. The van der Waals surface area contributed by atoms with E-state index in [1.54, 1.807) is 0 Å². The summed E-state index contributed by atoms with van der Waals surface area (Å²) in [5.41, 5.74) is 14.2. The number of nitrogens with two attached hydrogens (primary N) is 2. The van der Waals surface area contributed by atoms with Crippen LogP contribution >= 0.6 is 0 Å². The monoisotopic (exact) mass is 283 g/mol. The number of nitrogen functional groups attached to an aromatic ring is 1. The van der Waals surface area contributed by atoms with Crippen molar-refractivity contribution in [2.24, 2.45) is 5.73 Å². The van der Waals surface area contributed by atoms with Gasteiger partial charge in [-0.3, -0.25) is 4.79 Å². The zero-order valence-corrected chi connectivity index (χ0v) is 11.6. The van der Waals surface area contributed by atoms with Crippen LogP contribution in [0.5, 0.6) is 11.6 Å². The lowest BCUT2D eigenvalue weighted by Crippen LogP contribution is -2.13. The number of hydrogen-bond acceptors (Lipinski definition) is 4. The Kier molecular flexibility index (Phi) is 3.48. The Hall–Kier alpha value is -2.56. The Morgan fingerprint density at radius 2 is 1.90 bits per heavy atom. The lowest BCUT2D eigenvalue weighted by molar-refractivity contribution is 0.0997. The fourth-order valence-electron chi connectivity index (χ4n) is 2.61. The number of anilines is 1. The predicted octanol–water partition coefficient (Wildman–Crippen LogP) is 2.43. The zero-order chi connectivity index (χ0) is 14.8. The molecule has 108 valence electrons. The summed E-state index contributed by atoms with van der Waals surface area (Å²) >= 11 is 0. The molecule has 1 aliphatic carbocycles.